The van der Waals surface area contributed by atoms with Gasteiger partial charge in [-0.05, 0) is 24.3 Å². The molecule has 0 radical (unpaired) electrons. The molecule has 3 rings (SSSR count). The first kappa shape index (κ1) is 10.3. The molecule has 0 unspecified atom stereocenters. The van der Waals surface area contributed by atoms with Crippen LogP contribution >= 0.6 is 0 Å². The van der Waals surface area contributed by atoms with E-state index < -0.39 is 0 Å². The van der Waals surface area contributed by atoms with Gasteiger partial charge in [-0.3, -0.25) is 4.90 Å². The number of fused-ring (bicyclic) bond motifs is 1. The first-order chi connectivity index (χ1) is 7.83. The predicted octanol–water partition coefficient (Wildman–Crippen LogP) is 1.89. The highest BCUT2D eigenvalue weighted by Crippen LogP contribution is 2.38. The van der Waals surface area contributed by atoms with Gasteiger partial charge in [0, 0.05) is 25.6 Å². The summed E-state index contributed by atoms with van der Waals surface area (Å²) in [7, 11) is 0. The van der Waals surface area contributed by atoms with E-state index in [1.54, 1.807) is 0 Å². The SMILES string of the molecule is O[C@@H]1CC[C@H]2CN(Cc3ccccc3)C[C@H]21. The van der Waals surface area contributed by atoms with Crippen LogP contribution in [0.25, 0.3) is 0 Å². The number of rotatable bonds is 2. The Bertz CT molecular complexity index is 351. The molecule has 1 aliphatic carbocycles. The molecule has 1 heterocycles. The number of benzene rings is 1. The summed E-state index contributed by atoms with van der Waals surface area (Å²) in [6.45, 7) is 3.30. The molecule has 86 valence electrons. The zero-order chi connectivity index (χ0) is 11.0. The Morgan fingerprint density at radius 2 is 1.94 bits per heavy atom. The Balaban J connectivity index is 1.63. The van der Waals surface area contributed by atoms with E-state index in [9.17, 15) is 5.11 Å². The van der Waals surface area contributed by atoms with Crippen LogP contribution in [0.1, 0.15) is 18.4 Å². The Hall–Kier alpha value is -0.860. The van der Waals surface area contributed by atoms with Crippen LogP contribution in [0, 0.1) is 11.8 Å². The zero-order valence-corrected chi connectivity index (χ0v) is 9.55. The topological polar surface area (TPSA) is 23.5 Å². The molecule has 1 N–H and O–H groups in total. The van der Waals surface area contributed by atoms with Crippen molar-refractivity contribution in [3.8, 4) is 0 Å². The van der Waals surface area contributed by atoms with Crippen molar-refractivity contribution in [1.82, 2.24) is 4.90 Å². The quantitative estimate of drug-likeness (QED) is 0.817. The molecule has 3 atom stereocenters. The lowest BCUT2D eigenvalue weighted by atomic mass is 10.00. The molecule has 2 nitrogen and oxygen atoms in total. The van der Waals surface area contributed by atoms with Crippen LogP contribution in [0.5, 0.6) is 0 Å². The molecule has 1 aliphatic heterocycles. The van der Waals surface area contributed by atoms with Crippen molar-refractivity contribution in [3.05, 3.63) is 35.9 Å². The minimum Gasteiger partial charge on any atom is -0.393 e. The van der Waals surface area contributed by atoms with Gasteiger partial charge in [0.2, 0.25) is 0 Å². The normalized spacial score (nSPS) is 34.2. The first-order valence-electron chi connectivity index (χ1n) is 6.27. The second-order valence-corrected chi connectivity index (χ2v) is 5.25. The maximum atomic E-state index is 9.86. The number of nitrogens with zero attached hydrogens (tertiary/aromatic N) is 1. The third-order valence-corrected chi connectivity index (χ3v) is 4.14. The minimum atomic E-state index is -0.0363. The van der Waals surface area contributed by atoms with Crippen LogP contribution < -0.4 is 0 Å². The fourth-order valence-electron chi connectivity index (χ4n) is 3.30. The molecule has 0 spiro atoms. The van der Waals surface area contributed by atoms with Gasteiger partial charge >= 0.3 is 0 Å². The van der Waals surface area contributed by atoms with Gasteiger partial charge in [-0.2, -0.15) is 0 Å². The van der Waals surface area contributed by atoms with Gasteiger partial charge in [-0.15, -0.1) is 0 Å². The zero-order valence-electron chi connectivity index (χ0n) is 9.55. The van der Waals surface area contributed by atoms with Crippen molar-refractivity contribution < 1.29 is 5.11 Å². The van der Waals surface area contributed by atoms with Gasteiger partial charge in [0.25, 0.3) is 0 Å². The second-order valence-electron chi connectivity index (χ2n) is 5.25. The summed E-state index contributed by atoms with van der Waals surface area (Å²) in [4.78, 5) is 2.49. The van der Waals surface area contributed by atoms with E-state index in [4.69, 9.17) is 0 Å². The van der Waals surface area contributed by atoms with Crippen LogP contribution in [0.2, 0.25) is 0 Å². The Labute approximate surface area is 96.9 Å². The summed E-state index contributed by atoms with van der Waals surface area (Å²) in [5.74, 6) is 1.29. The summed E-state index contributed by atoms with van der Waals surface area (Å²) in [6.07, 6.45) is 2.21. The number of aliphatic hydroxyl groups excluding tert-OH is 1. The first-order valence-corrected chi connectivity index (χ1v) is 6.27. The van der Waals surface area contributed by atoms with Crippen molar-refractivity contribution in [2.24, 2.45) is 11.8 Å². The molecule has 2 heteroatoms. The highest BCUT2D eigenvalue weighted by atomic mass is 16.3. The lowest BCUT2D eigenvalue weighted by Crippen LogP contribution is -2.24. The molecule has 1 aromatic rings. The third-order valence-electron chi connectivity index (χ3n) is 4.14. The molecule has 1 aromatic carbocycles. The summed E-state index contributed by atoms with van der Waals surface area (Å²) in [5.41, 5.74) is 1.39. The monoisotopic (exact) mass is 217 g/mol. The molecule has 1 saturated carbocycles. The summed E-state index contributed by atoms with van der Waals surface area (Å²) < 4.78 is 0. The Morgan fingerprint density at radius 3 is 2.69 bits per heavy atom. The highest BCUT2D eigenvalue weighted by Gasteiger charge is 2.41. The number of likely N-dealkylation sites (tertiary alicyclic amines) is 1. The van der Waals surface area contributed by atoms with Crippen LogP contribution in [0.3, 0.4) is 0 Å². The molecule has 16 heavy (non-hydrogen) atoms. The van der Waals surface area contributed by atoms with Gasteiger partial charge in [0.15, 0.2) is 0 Å². The molecule has 2 fully saturated rings. The minimum absolute atomic E-state index is 0.0363. The van der Waals surface area contributed by atoms with E-state index in [1.807, 2.05) is 0 Å². The Kier molecular flexibility index (Phi) is 2.70. The highest BCUT2D eigenvalue weighted by molar-refractivity contribution is 5.15. The average Bonchev–Trinajstić information content (AvgIpc) is 2.83. The lowest BCUT2D eigenvalue weighted by Gasteiger charge is -2.17. The molecule has 1 saturated heterocycles. The molecular weight excluding hydrogens is 198 g/mol. The number of hydrogen-bond acceptors (Lipinski definition) is 2. The molecular formula is C14H19NO. The van der Waals surface area contributed by atoms with Crippen LogP contribution in [-0.2, 0) is 6.54 Å². The van der Waals surface area contributed by atoms with Gasteiger partial charge < -0.3 is 5.11 Å². The lowest BCUT2D eigenvalue weighted by molar-refractivity contribution is 0.123. The van der Waals surface area contributed by atoms with Crippen molar-refractivity contribution >= 4 is 0 Å². The third kappa shape index (κ3) is 1.87. The van der Waals surface area contributed by atoms with Gasteiger partial charge in [0.1, 0.15) is 0 Å². The number of aliphatic hydroxyl groups is 1. The van der Waals surface area contributed by atoms with Crippen LogP contribution in [0.15, 0.2) is 30.3 Å². The van der Waals surface area contributed by atoms with E-state index in [0.717, 1.165) is 25.4 Å². The fourth-order valence-corrected chi connectivity index (χ4v) is 3.30. The maximum Gasteiger partial charge on any atom is 0.0583 e. The van der Waals surface area contributed by atoms with Gasteiger partial charge in [-0.1, -0.05) is 30.3 Å². The van der Waals surface area contributed by atoms with Crippen molar-refractivity contribution in [3.63, 3.8) is 0 Å². The fraction of sp³-hybridized carbons (Fsp3) is 0.571. The van der Waals surface area contributed by atoms with E-state index in [1.165, 1.54) is 18.5 Å². The smallest absolute Gasteiger partial charge is 0.0583 e. The summed E-state index contributed by atoms with van der Waals surface area (Å²) in [5, 5.41) is 9.86. The van der Waals surface area contributed by atoms with Crippen molar-refractivity contribution in [1.29, 1.82) is 0 Å². The number of hydrogen-bond donors (Lipinski definition) is 1. The van der Waals surface area contributed by atoms with Gasteiger partial charge in [0.05, 0.1) is 6.10 Å². The van der Waals surface area contributed by atoms with Crippen molar-refractivity contribution in [2.75, 3.05) is 13.1 Å². The summed E-state index contributed by atoms with van der Waals surface area (Å²) in [6, 6.07) is 10.6. The summed E-state index contributed by atoms with van der Waals surface area (Å²) >= 11 is 0. The van der Waals surface area contributed by atoms with Crippen LogP contribution in [-0.4, -0.2) is 29.2 Å². The largest absolute Gasteiger partial charge is 0.393 e. The maximum absolute atomic E-state index is 9.86. The van der Waals surface area contributed by atoms with Crippen LogP contribution in [0.4, 0.5) is 0 Å². The second kappa shape index (κ2) is 4.19. The van der Waals surface area contributed by atoms with E-state index in [2.05, 4.69) is 35.2 Å². The molecule has 0 amide bonds. The molecule has 2 aliphatic rings. The van der Waals surface area contributed by atoms with E-state index >= 15 is 0 Å². The molecule has 0 bridgehead atoms. The standard InChI is InChI=1S/C14H19NO/c16-14-7-6-12-9-15(10-13(12)14)8-11-4-2-1-3-5-11/h1-5,12-14,16H,6-10H2/t12-,13+,14+/m0/s1. The van der Waals surface area contributed by atoms with Gasteiger partial charge in [-0.25, -0.2) is 0 Å². The molecule has 0 aromatic heterocycles. The van der Waals surface area contributed by atoms with E-state index in [-0.39, 0.29) is 6.10 Å². The van der Waals surface area contributed by atoms with E-state index in [0.29, 0.717) is 5.92 Å². The predicted molar refractivity (Wildman–Crippen MR) is 63.9 cm³/mol. The Morgan fingerprint density at radius 1 is 1.12 bits per heavy atom. The van der Waals surface area contributed by atoms with Crippen molar-refractivity contribution in [2.45, 2.75) is 25.5 Å². The average molecular weight is 217 g/mol.